The summed E-state index contributed by atoms with van der Waals surface area (Å²) in [6.45, 7) is 0. The number of benzene rings is 9. The lowest BCUT2D eigenvalue weighted by Crippen LogP contribution is -2.16. The molecule has 12 rings (SSSR count). The molecule has 0 unspecified atom stereocenters. The molecule has 0 saturated heterocycles. The molecule has 11 aromatic rings. The van der Waals surface area contributed by atoms with Gasteiger partial charge in [-0.2, -0.15) is 0 Å². The maximum Gasteiger partial charge on any atom is 0.132 e. The third-order valence-corrected chi connectivity index (χ3v) is 12.5. The van der Waals surface area contributed by atoms with Crippen LogP contribution in [0.5, 0.6) is 0 Å². The van der Waals surface area contributed by atoms with E-state index in [-0.39, 0.29) is 0 Å². The average Bonchev–Trinajstić information content (AvgIpc) is 3.85. The number of nitrogens with zero attached hydrogens (tertiary/aromatic N) is 4. The smallest absolute Gasteiger partial charge is 0.132 e. The average molecular weight is 793 g/mol. The van der Waals surface area contributed by atoms with E-state index in [1.54, 1.807) is 0 Å². The first-order valence-electron chi connectivity index (χ1n) is 21.2. The summed E-state index contributed by atoms with van der Waals surface area (Å²) in [5.74, 6) is 0.860. The zero-order valence-electron chi connectivity index (χ0n) is 34.2. The molecular weight excluding hydrogens is 753 g/mol. The van der Waals surface area contributed by atoms with Crippen LogP contribution in [0.2, 0.25) is 0 Å². The van der Waals surface area contributed by atoms with E-state index in [1.165, 1.54) is 77.0 Å². The Hall–Kier alpha value is -8.21. The van der Waals surface area contributed by atoms with Crippen molar-refractivity contribution in [2.24, 2.45) is 4.99 Å². The van der Waals surface area contributed by atoms with Gasteiger partial charge in [-0.1, -0.05) is 158 Å². The van der Waals surface area contributed by atoms with Gasteiger partial charge in [-0.15, -0.1) is 0 Å². The van der Waals surface area contributed by atoms with Crippen LogP contribution in [0, 0.1) is 0 Å². The van der Waals surface area contributed by atoms with Crippen LogP contribution >= 0.6 is 0 Å². The zero-order valence-corrected chi connectivity index (χ0v) is 34.2. The summed E-state index contributed by atoms with van der Waals surface area (Å²) in [7, 11) is 1.89. The van der Waals surface area contributed by atoms with Crippen LogP contribution in [-0.2, 0) is 0 Å². The van der Waals surface area contributed by atoms with Gasteiger partial charge in [0.2, 0.25) is 0 Å². The summed E-state index contributed by atoms with van der Waals surface area (Å²) in [6, 6.07) is 72.3. The first-order chi connectivity index (χ1) is 30.8. The molecule has 0 radical (unpaired) electrons. The van der Waals surface area contributed by atoms with Crippen LogP contribution in [0.1, 0.15) is 5.56 Å². The number of fused-ring (bicyclic) bond motifs is 9. The fourth-order valence-corrected chi connectivity index (χ4v) is 9.88. The van der Waals surface area contributed by atoms with E-state index in [2.05, 4.69) is 239 Å². The van der Waals surface area contributed by atoms with Crippen molar-refractivity contribution in [2.75, 3.05) is 11.9 Å². The monoisotopic (exact) mass is 792 g/mol. The third kappa shape index (κ3) is 5.50. The third-order valence-electron chi connectivity index (χ3n) is 12.5. The summed E-state index contributed by atoms with van der Waals surface area (Å²) < 4.78 is 4.67. The lowest BCUT2D eigenvalue weighted by atomic mass is 9.86. The molecule has 62 heavy (non-hydrogen) atoms. The summed E-state index contributed by atoms with van der Waals surface area (Å²) in [5.41, 5.74) is 15.3. The molecule has 3 heterocycles. The van der Waals surface area contributed by atoms with Crippen LogP contribution in [-0.4, -0.2) is 22.0 Å². The standard InChI is InChI=1S/C58H40N4/c1-59-55(31-16-11-18-39-32-36-52-49(38-39)44-25-12-14-28-50(44)60(52)41-21-7-3-8-22-41)62-51-29-15-13-26-48(51)57-54(62)37-35-47-46-34-33-43(40-19-5-2-6-20-40)45-27-17-30-53(56(45)46)61(58(47)57)42-23-9-4-10-24-42/h2-38H,1H3/b18-11+,31-16-,59-55?. The van der Waals surface area contributed by atoms with Gasteiger partial charge in [-0.05, 0) is 94.4 Å². The van der Waals surface area contributed by atoms with Crippen molar-refractivity contribution in [3.05, 3.63) is 224 Å². The van der Waals surface area contributed by atoms with Gasteiger partial charge >= 0.3 is 0 Å². The van der Waals surface area contributed by atoms with Gasteiger partial charge in [0, 0.05) is 50.9 Å². The maximum absolute atomic E-state index is 4.92. The Bertz CT molecular complexity index is 3630. The van der Waals surface area contributed by atoms with Crippen molar-refractivity contribution in [3.63, 3.8) is 0 Å². The SMILES string of the molecule is CN=C(/C=C\C=C\c1ccc2c(c1)c1ccccc1n2-c1ccccc1)n1c2ccccc2c2c3c(ccc21)-c1ccc(-c2ccccc2)c2cccc(c12)N3c1ccccc1. The fraction of sp³-hybridized carbons (Fsp3) is 0.0172. The summed E-state index contributed by atoms with van der Waals surface area (Å²) in [4.78, 5) is 7.40. The molecule has 0 atom stereocenters. The van der Waals surface area contributed by atoms with Crippen molar-refractivity contribution in [1.29, 1.82) is 0 Å². The minimum atomic E-state index is 0.860. The Morgan fingerprint density at radius 1 is 0.452 bits per heavy atom. The van der Waals surface area contributed by atoms with Crippen LogP contribution < -0.4 is 4.90 Å². The van der Waals surface area contributed by atoms with Crippen LogP contribution in [0.25, 0.3) is 88.4 Å². The Morgan fingerprint density at radius 3 is 1.87 bits per heavy atom. The highest BCUT2D eigenvalue weighted by Gasteiger charge is 2.31. The van der Waals surface area contributed by atoms with E-state index < -0.39 is 0 Å². The molecule has 292 valence electrons. The summed E-state index contributed by atoms with van der Waals surface area (Å²) in [5, 5.41) is 7.38. The molecule has 2 aromatic heterocycles. The second kappa shape index (κ2) is 14.5. The van der Waals surface area contributed by atoms with Gasteiger partial charge in [-0.3, -0.25) is 9.56 Å². The summed E-state index contributed by atoms with van der Waals surface area (Å²) >= 11 is 0. The second-order valence-corrected chi connectivity index (χ2v) is 15.9. The van der Waals surface area contributed by atoms with E-state index in [0.717, 1.165) is 33.8 Å². The molecule has 4 heteroatoms. The molecule has 0 spiro atoms. The Kier molecular flexibility index (Phi) is 8.36. The lowest BCUT2D eigenvalue weighted by molar-refractivity contribution is 1.18. The molecule has 9 aromatic carbocycles. The van der Waals surface area contributed by atoms with E-state index in [9.17, 15) is 0 Å². The van der Waals surface area contributed by atoms with E-state index in [0.29, 0.717) is 0 Å². The number of aromatic nitrogens is 2. The first kappa shape index (κ1) is 35.7. The molecule has 1 aliphatic heterocycles. The minimum Gasteiger partial charge on any atom is -0.309 e. The molecular formula is C58H40N4. The van der Waals surface area contributed by atoms with Crippen molar-refractivity contribution < 1.29 is 0 Å². The van der Waals surface area contributed by atoms with Gasteiger partial charge in [-0.25, -0.2) is 0 Å². The topological polar surface area (TPSA) is 25.5 Å². The Labute approximate surface area is 359 Å². The Balaban J connectivity index is 0.985. The molecule has 0 N–H and O–H groups in total. The van der Waals surface area contributed by atoms with Gasteiger partial charge in [0.15, 0.2) is 0 Å². The van der Waals surface area contributed by atoms with Crippen molar-refractivity contribution >= 4 is 83.4 Å². The number of para-hydroxylation sites is 4. The quantitative estimate of drug-likeness (QED) is 0.0935. The highest BCUT2D eigenvalue weighted by molar-refractivity contribution is 6.27. The highest BCUT2D eigenvalue weighted by atomic mass is 15.2. The fourth-order valence-electron chi connectivity index (χ4n) is 9.88. The number of hydrogen-bond acceptors (Lipinski definition) is 2. The van der Waals surface area contributed by atoms with Crippen LogP contribution in [0.3, 0.4) is 0 Å². The first-order valence-corrected chi connectivity index (χ1v) is 21.2. The van der Waals surface area contributed by atoms with Gasteiger partial charge in [0.05, 0.1) is 33.4 Å². The number of anilines is 3. The van der Waals surface area contributed by atoms with E-state index >= 15 is 0 Å². The van der Waals surface area contributed by atoms with E-state index in [4.69, 9.17) is 4.99 Å². The van der Waals surface area contributed by atoms with Gasteiger partial charge in [0.1, 0.15) is 5.84 Å². The predicted octanol–water partition coefficient (Wildman–Crippen LogP) is 15.3. The van der Waals surface area contributed by atoms with Gasteiger partial charge < -0.3 is 9.47 Å². The molecule has 0 amide bonds. The predicted molar refractivity (Wildman–Crippen MR) is 264 cm³/mol. The normalized spacial score (nSPS) is 12.9. The molecule has 0 fully saturated rings. The van der Waals surface area contributed by atoms with Crippen molar-refractivity contribution in [2.45, 2.75) is 0 Å². The number of hydrogen-bond donors (Lipinski definition) is 0. The molecule has 1 aliphatic rings. The lowest BCUT2D eigenvalue weighted by Gasteiger charge is -2.34. The number of aliphatic imine (C=N–C) groups is 1. The van der Waals surface area contributed by atoms with Gasteiger partial charge in [0.25, 0.3) is 0 Å². The van der Waals surface area contributed by atoms with Crippen molar-refractivity contribution in [1.82, 2.24) is 9.13 Å². The van der Waals surface area contributed by atoms with Crippen molar-refractivity contribution in [3.8, 4) is 27.9 Å². The van der Waals surface area contributed by atoms with Crippen LogP contribution in [0.4, 0.5) is 17.1 Å². The molecule has 0 bridgehead atoms. The molecule has 4 nitrogen and oxygen atoms in total. The Morgan fingerprint density at radius 2 is 1.08 bits per heavy atom. The second-order valence-electron chi connectivity index (χ2n) is 15.9. The zero-order chi connectivity index (χ0) is 41.1. The summed E-state index contributed by atoms with van der Waals surface area (Å²) in [6.07, 6.45) is 8.53. The van der Waals surface area contributed by atoms with E-state index in [1.807, 2.05) is 7.05 Å². The number of allylic oxidation sites excluding steroid dienone is 3. The molecule has 0 aliphatic carbocycles. The minimum absolute atomic E-state index is 0.860. The molecule has 0 saturated carbocycles. The largest absolute Gasteiger partial charge is 0.309 e. The number of rotatable bonds is 6. The highest BCUT2D eigenvalue weighted by Crippen LogP contribution is 2.55. The maximum atomic E-state index is 4.92. The van der Waals surface area contributed by atoms with Crippen LogP contribution in [0.15, 0.2) is 223 Å².